The van der Waals surface area contributed by atoms with Gasteiger partial charge in [-0.05, 0) is 99.2 Å². The molecule has 3 saturated carbocycles. The Balaban J connectivity index is 0.944. The minimum atomic E-state index is -1.61. The molecule has 6 fully saturated rings. The van der Waals surface area contributed by atoms with Crippen LogP contribution in [-0.2, 0) is 28.4 Å². The molecule has 17 nitrogen and oxygen atoms in total. The molecule has 0 aromatic heterocycles. The molecule has 0 amide bonds. The molecule has 7 rings (SSSR count). The van der Waals surface area contributed by atoms with Gasteiger partial charge in [-0.2, -0.15) is 0 Å². The second kappa shape index (κ2) is 20.1. The molecule has 0 bridgehead atoms. The van der Waals surface area contributed by atoms with Gasteiger partial charge in [0.2, 0.25) is 0 Å². The molecule has 0 aromatic carbocycles. The average Bonchev–Trinajstić information content (AvgIpc) is 3.55. The summed E-state index contributed by atoms with van der Waals surface area (Å²) in [5.74, 6) is 1.15. The smallest absolute Gasteiger partial charge is 0.187 e. The third-order valence-corrected chi connectivity index (χ3v) is 18.5. The Kier molecular flexibility index (Phi) is 16.0. The highest BCUT2D eigenvalue weighted by Gasteiger charge is 2.70. The van der Waals surface area contributed by atoms with Crippen LogP contribution in [0, 0.1) is 45.3 Å². The van der Waals surface area contributed by atoms with Gasteiger partial charge in [0.1, 0.15) is 67.1 Å². The van der Waals surface area contributed by atoms with Crippen LogP contribution >= 0.6 is 0 Å². The molecule has 66 heavy (non-hydrogen) atoms. The highest BCUT2D eigenvalue weighted by molar-refractivity contribution is 5.32. The molecular formula is C49H82O17. The predicted molar refractivity (Wildman–Crippen MR) is 237 cm³/mol. The van der Waals surface area contributed by atoms with Crippen LogP contribution in [0.15, 0.2) is 23.3 Å². The minimum Gasteiger partial charge on any atom is -0.394 e. The second-order valence-corrected chi connectivity index (χ2v) is 22.4. The Hall–Kier alpha value is -1.20. The molecule has 11 N–H and O–H groups in total. The van der Waals surface area contributed by atoms with Crippen LogP contribution < -0.4 is 0 Å². The SMILES string of the molecule is CC[C@H]1OC(OC[C@H]2O[C@@H](OC/C(C)=C/CC[C@@H](C)[C@H]3CC[C@@]4(C)[C@@H]5CC=C6[C@@H](CCC(O[C@@H]7O[C@H](CO)[C@@H](O)[C@H](O)[C@H]7O)C6(C)C)[C@]5(C)[C@H](O)C[C@]34C)[C@H](O)[C@@H](O)[C@@H]2O)[C@H](O)[C@@H](O)[C@@H]1O. The first-order chi connectivity index (χ1) is 31.0. The lowest BCUT2D eigenvalue weighted by molar-refractivity contribution is -0.328. The van der Waals surface area contributed by atoms with Gasteiger partial charge in [-0.1, -0.05) is 71.8 Å². The van der Waals surface area contributed by atoms with Gasteiger partial charge in [-0.15, -0.1) is 0 Å². The summed E-state index contributed by atoms with van der Waals surface area (Å²) < 4.78 is 35.2. The summed E-state index contributed by atoms with van der Waals surface area (Å²) in [5.41, 5.74) is 1.20. The van der Waals surface area contributed by atoms with E-state index in [1.165, 1.54) is 5.57 Å². The maximum absolute atomic E-state index is 12.5. The van der Waals surface area contributed by atoms with Gasteiger partial charge < -0.3 is 84.6 Å². The van der Waals surface area contributed by atoms with Crippen LogP contribution in [-0.4, -0.2) is 180 Å². The van der Waals surface area contributed by atoms with Crippen molar-refractivity contribution in [3.05, 3.63) is 23.3 Å². The van der Waals surface area contributed by atoms with Crippen LogP contribution in [0.3, 0.4) is 0 Å². The number of ether oxygens (including phenoxy) is 6. The van der Waals surface area contributed by atoms with Crippen LogP contribution in [0.25, 0.3) is 0 Å². The zero-order chi connectivity index (χ0) is 48.4. The van der Waals surface area contributed by atoms with E-state index in [9.17, 15) is 56.2 Å². The van der Waals surface area contributed by atoms with E-state index in [4.69, 9.17) is 28.4 Å². The fraction of sp³-hybridized carbons (Fsp3) is 0.918. The molecule has 3 saturated heterocycles. The first kappa shape index (κ1) is 52.6. The van der Waals surface area contributed by atoms with Gasteiger partial charge in [0.25, 0.3) is 0 Å². The largest absolute Gasteiger partial charge is 0.394 e. The number of hydrogen-bond donors (Lipinski definition) is 11. The lowest BCUT2D eigenvalue weighted by atomic mass is 9.38. The molecule has 3 heterocycles. The van der Waals surface area contributed by atoms with E-state index in [-0.39, 0.29) is 47.4 Å². The number of rotatable bonds is 14. The molecule has 17 heteroatoms. The number of fused-ring (bicyclic) bond motifs is 5. The van der Waals surface area contributed by atoms with Gasteiger partial charge in [-0.25, -0.2) is 0 Å². The zero-order valence-electron chi connectivity index (χ0n) is 40.1. The van der Waals surface area contributed by atoms with Crippen molar-refractivity contribution in [1.82, 2.24) is 0 Å². The van der Waals surface area contributed by atoms with E-state index in [0.717, 1.165) is 44.1 Å². The highest BCUT2D eigenvalue weighted by atomic mass is 16.7. The minimum absolute atomic E-state index is 0.0118. The number of hydrogen-bond acceptors (Lipinski definition) is 17. The standard InChI is InChI=1S/C49H82O17/c1-9-28-34(52)37(55)40(58)44(63-28)62-22-30-36(54)39(57)41(59)43(65-30)61-21-23(2)11-10-12-24(3)25-17-18-47(6)31-15-13-26-27(49(31,8)32(51)19-48(25,47)7)14-16-33(46(26,4)5)66-45-42(60)38(56)35(53)29(20-50)64-45/h11,13,24-25,27-45,50-60H,9-10,12,14-22H2,1-8H3/b23-11+/t24-,25-,27-,28-,29-,30-,31+,32-,33?,34-,35-,36-,37+,38+,39+,40-,41-,42-,43-,44?,45+,47+,48-,49+/m1/s1. The summed E-state index contributed by atoms with van der Waals surface area (Å²) in [4.78, 5) is 0. The first-order valence-corrected chi connectivity index (χ1v) is 24.6. The number of allylic oxidation sites excluding steroid dienone is 2. The molecule has 24 atom stereocenters. The summed E-state index contributed by atoms with van der Waals surface area (Å²) in [6, 6.07) is 0. The van der Waals surface area contributed by atoms with E-state index >= 15 is 0 Å². The molecule has 3 aliphatic heterocycles. The Labute approximate surface area is 389 Å². The van der Waals surface area contributed by atoms with E-state index < -0.39 is 110 Å². The second-order valence-electron chi connectivity index (χ2n) is 22.4. The van der Waals surface area contributed by atoms with E-state index in [1.807, 2.05) is 6.92 Å². The Morgan fingerprint density at radius 3 is 1.94 bits per heavy atom. The van der Waals surface area contributed by atoms with Crippen molar-refractivity contribution in [2.45, 2.75) is 218 Å². The first-order valence-electron chi connectivity index (χ1n) is 24.6. The Bertz CT molecular complexity index is 1710. The molecule has 7 aliphatic rings. The monoisotopic (exact) mass is 943 g/mol. The number of aliphatic hydroxyl groups is 11. The third kappa shape index (κ3) is 9.05. The van der Waals surface area contributed by atoms with Crippen molar-refractivity contribution in [3.8, 4) is 0 Å². The van der Waals surface area contributed by atoms with Gasteiger partial charge in [0, 0.05) is 10.8 Å². The summed E-state index contributed by atoms with van der Waals surface area (Å²) in [6.07, 6.45) is -9.49. The van der Waals surface area contributed by atoms with Crippen molar-refractivity contribution in [1.29, 1.82) is 0 Å². The van der Waals surface area contributed by atoms with Crippen molar-refractivity contribution in [3.63, 3.8) is 0 Å². The maximum atomic E-state index is 12.5. The van der Waals surface area contributed by atoms with Gasteiger partial charge in [-0.3, -0.25) is 0 Å². The molecule has 4 aliphatic carbocycles. The third-order valence-electron chi connectivity index (χ3n) is 18.5. The average molecular weight is 943 g/mol. The fourth-order valence-electron chi connectivity index (χ4n) is 14.1. The lowest BCUT2D eigenvalue weighted by Crippen LogP contribution is -2.65. The Morgan fingerprint density at radius 2 is 1.30 bits per heavy atom. The van der Waals surface area contributed by atoms with Crippen molar-refractivity contribution in [2.75, 3.05) is 19.8 Å². The molecule has 2 unspecified atom stereocenters. The molecular weight excluding hydrogens is 861 g/mol. The van der Waals surface area contributed by atoms with Gasteiger partial charge >= 0.3 is 0 Å². The lowest BCUT2D eigenvalue weighted by Gasteiger charge is -2.67. The van der Waals surface area contributed by atoms with Gasteiger partial charge in [0.05, 0.1) is 38.1 Å². The molecule has 0 spiro atoms. The topological polar surface area (TPSA) is 278 Å². The zero-order valence-corrected chi connectivity index (χ0v) is 40.1. The van der Waals surface area contributed by atoms with Crippen LogP contribution in [0.2, 0.25) is 0 Å². The van der Waals surface area contributed by atoms with Crippen LogP contribution in [0.1, 0.15) is 113 Å². The van der Waals surface area contributed by atoms with E-state index in [1.54, 1.807) is 6.92 Å². The van der Waals surface area contributed by atoms with Gasteiger partial charge in [0.15, 0.2) is 18.9 Å². The van der Waals surface area contributed by atoms with E-state index in [2.05, 4.69) is 53.7 Å². The fourth-order valence-corrected chi connectivity index (χ4v) is 14.1. The quantitative estimate of drug-likeness (QED) is 0.109. The van der Waals surface area contributed by atoms with Crippen LogP contribution in [0.4, 0.5) is 0 Å². The summed E-state index contributed by atoms with van der Waals surface area (Å²) in [5, 5.41) is 117. The summed E-state index contributed by atoms with van der Waals surface area (Å²) in [7, 11) is 0. The summed E-state index contributed by atoms with van der Waals surface area (Å²) >= 11 is 0. The van der Waals surface area contributed by atoms with Crippen molar-refractivity contribution in [2.24, 2.45) is 45.3 Å². The molecule has 0 aromatic rings. The van der Waals surface area contributed by atoms with Crippen LogP contribution in [0.5, 0.6) is 0 Å². The van der Waals surface area contributed by atoms with Crippen molar-refractivity contribution >= 4 is 0 Å². The van der Waals surface area contributed by atoms with E-state index in [0.29, 0.717) is 31.1 Å². The summed E-state index contributed by atoms with van der Waals surface area (Å²) in [6.45, 7) is 16.7. The highest BCUT2D eigenvalue weighted by Crippen LogP contribution is 2.75. The Morgan fingerprint density at radius 1 is 0.727 bits per heavy atom. The number of aliphatic hydroxyl groups excluding tert-OH is 11. The molecule has 0 radical (unpaired) electrons. The molecule has 380 valence electrons. The predicted octanol–water partition coefficient (Wildman–Crippen LogP) is 1.17. The maximum Gasteiger partial charge on any atom is 0.187 e. The van der Waals surface area contributed by atoms with Crippen molar-refractivity contribution < 1.29 is 84.6 Å². The normalized spacial score (nSPS) is 51.1.